The molecule has 2 aromatic carbocycles. The van der Waals surface area contributed by atoms with Crippen LogP contribution in [-0.2, 0) is 0 Å². The standard InChI is InChI=1S/C17H13NO2/c1-11-7-8-12-9-10-14(17(20)15(12)18-11)16(19)13-5-3-2-4-6-13/h2-10,20H,1H3. The lowest BCUT2D eigenvalue weighted by Gasteiger charge is -2.07. The molecule has 3 aromatic rings. The Balaban J connectivity index is 2.18. The maximum Gasteiger partial charge on any atom is 0.196 e. The van der Waals surface area contributed by atoms with Gasteiger partial charge in [0.25, 0.3) is 0 Å². The van der Waals surface area contributed by atoms with Gasteiger partial charge in [-0.15, -0.1) is 0 Å². The summed E-state index contributed by atoms with van der Waals surface area (Å²) < 4.78 is 0. The van der Waals surface area contributed by atoms with E-state index < -0.39 is 0 Å². The van der Waals surface area contributed by atoms with E-state index in [4.69, 9.17) is 0 Å². The number of pyridine rings is 1. The van der Waals surface area contributed by atoms with Crippen LogP contribution in [-0.4, -0.2) is 15.9 Å². The van der Waals surface area contributed by atoms with E-state index in [1.807, 2.05) is 25.1 Å². The lowest BCUT2D eigenvalue weighted by atomic mass is 10.0. The molecule has 0 bridgehead atoms. The average Bonchev–Trinajstić information content (AvgIpc) is 2.48. The number of ketones is 1. The summed E-state index contributed by atoms with van der Waals surface area (Å²) in [7, 11) is 0. The Labute approximate surface area is 116 Å². The first-order valence-corrected chi connectivity index (χ1v) is 6.36. The fourth-order valence-electron chi connectivity index (χ4n) is 2.20. The topological polar surface area (TPSA) is 50.2 Å². The largest absolute Gasteiger partial charge is 0.505 e. The number of hydrogen-bond donors (Lipinski definition) is 1. The minimum absolute atomic E-state index is 0.0555. The highest BCUT2D eigenvalue weighted by atomic mass is 16.3. The number of aromatic hydroxyl groups is 1. The molecule has 98 valence electrons. The van der Waals surface area contributed by atoms with Crippen molar-refractivity contribution in [2.45, 2.75) is 6.92 Å². The molecule has 0 unspecified atom stereocenters. The molecule has 0 radical (unpaired) electrons. The number of nitrogens with zero attached hydrogens (tertiary/aromatic N) is 1. The fourth-order valence-corrected chi connectivity index (χ4v) is 2.20. The van der Waals surface area contributed by atoms with Crippen LogP contribution in [0.2, 0.25) is 0 Å². The third kappa shape index (κ3) is 2.03. The van der Waals surface area contributed by atoms with Crippen LogP contribution in [0.5, 0.6) is 5.75 Å². The van der Waals surface area contributed by atoms with Gasteiger partial charge in [0.2, 0.25) is 0 Å². The fraction of sp³-hybridized carbons (Fsp3) is 0.0588. The number of phenols is 1. The number of hydrogen-bond acceptors (Lipinski definition) is 3. The van der Waals surface area contributed by atoms with Crippen LogP contribution < -0.4 is 0 Å². The van der Waals surface area contributed by atoms with E-state index in [0.717, 1.165) is 11.1 Å². The number of aromatic nitrogens is 1. The zero-order valence-electron chi connectivity index (χ0n) is 11.0. The Bertz CT molecular complexity index is 795. The van der Waals surface area contributed by atoms with Crippen molar-refractivity contribution in [1.29, 1.82) is 0 Å². The predicted molar refractivity (Wildman–Crippen MR) is 78.0 cm³/mol. The van der Waals surface area contributed by atoms with Gasteiger partial charge in [0.05, 0.1) is 5.56 Å². The van der Waals surface area contributed by atoms with Gasteiger partial charge in [-0.3, -0.25) is 4.79 Å². The number of aryl methyl sites for hydroxylation is 1. The van der Waals surface area contributed by atoms with Gasteiger partial charge < -0.3 is 5.11 Å². The van der Waals surface area contributed by atoms with Crippen molar-refractivity contribution in [2.75, 3.05) is 0 Å². The summed E-state index contributed by atoms with van der Waals surface area (Å²) in [6.07, 6.45) is 0. The lowest BCUT2D eigenvalue weighted by molar-refractivity contribution is 0.103. The molecule has 0 fully saturated rings. The van der Waals surface area contributed by atoms with Crippen molar-refractivity contribution in [3.05, 3.63) is 71.4 Å². The molecule has 0 aliphatic carbocycles. The van der Waals surface area contributed by atoms with Gasteiger partial charge in [-0.2, -0.15) is 0 Å². The lowest BCUT2D eigenvalue weighted by Crippen LogP contribution is -2.02. The molecule has 0 atom stereocenters. The van der Waals surface area contributed by atoms with Gasteiger partial charge >= 0.3 is 0 Å². The van der Waals surface area contributed by atoms with Crippen molar-refractivity contribution in [2.24, 2.45) is 0 Å². The first kappa shape index (κ1) is 12.4. The number of fused-ring (bicyclic) bond motifs is 1. The Kier molecular flexibility index (Phi) is 2.95. The third-order valence-corrected chi connectivity index (χ3v) is 3.26. The molecule has 0 spiro atoms. The highest BCUT2D eigenvalue weighted by molar-refractivity contribution is 6.13. The van der Waals surface area contributed by atoms with E-state index in [2.05, 4.69) is 4.98 Å². The van der Waals surface area contributed by atoms with Gasteiger partial charge in [0.15, 0.2) is 11.5 Å². The monoisotopic (exact) mass is 263 g/mol. The number of benzene rings is 2. The summed E-state index contributed by atoms with van der Waals surface area (Å²) in [5.74, 6) is -0.256. The van der Waals surface area contributed by atoms with E-state index in [1.54, 1.807) is 36.4 Å². The van der Waals surface area contributed by atoms with Crippen molar-refractivity contribution in [1.82, 2.24) is 4.98 Å². The van der Waals surface area contributed by atoms with Gasteiger partial charge in [0, 0.05) is 16.6 Å². The molecule has 0 aliphatic heterocycles. The normalized spacial score (nSPS) is 10.7. The maximum atomic E-state index is 12.4. The second-order valence-corrected chi connectivity index (χ2v) is 4.68. The summed E-state index contributed by atoms with van der Waals surface area (Å²) in [5, 5.41) is 11.1. The molecular weight excluding hydrogens is 250 g/mol. The minimum Gasteiger partial charge on any atom is -0.505 e. The number of phenolic OH excluding ortho intramolecular Hbond substituents is 1. The zero-order chi connectivity index (χ0) is 14.1. The van der Waals surface area contributed by atoms with E-state index in [0.29, 0.717) is 11.1 Å². The van der Waals surface area contributed by atoms with E-state index in [1.165, 1.54) is 0 Å². The van der Waals surface area contributed by atoms with Crippen molar-refractivity contribution >= 4 is 16.7 Å². The Morgan fingerprint density at radius 1 is 1.00 bits per heavy atom. The first-order chi connectivity index (χ1) is 9.66. The highest BCUT2D eigenvalue weighted by Crippen LogP contribution is 2.29. The second kappa shape index (κ2) is 4.78. The average molecular weight is 263 g/mol. The summed E-state index contributed by atoms with van der Waals surface area (Å²) in [6.45, 7) is 1.85. The minimum atomic E-state index is -0.201. The number of rotatable bonds is 2. The van der Waals surface area contributed by atoms with E-state index in [-0.39, 0.29) is 17.1 Å². The van der Waals surface area contributed by atoms with Crippen LogP contribution in [0.4, 0.5) is 0 Å². The van der Waals surface area contributed by atoms with Crippen molar-refractivity contribution in [3.8, 4) is 5.75 Å². The molecule has 0 saturated heterocycles. The number of carbonyl (C=O) groups excluding carboxylic acids is 1. The Morgan fingerprint density at radius 3 is 2.45 bits per heavy atom. The van der Waals surface area contributed by atoms with Crippen LogP contribution >= 0.6 is 0 Å². The molecule has 20 heavy (non-hydrogen) atoms. The Morgan fingerprint density at radius 2 is 1.70 bits per heavy atom. The van der Waals surface area contributed by atoms with Crippen LogP contribution in [0.15, 0.2) is 54.6 Å². The summed E-state index contributed by atoms with van der Waals surface area (Å²) >= 11 is 0. The molecule has 0 saturated carbocycles. The molecule has 0 aliphatic rings. The first-order valence-electron chi connectivity index (χ1n) is 6.36. The quantitative estimate of drug-likeness (QED) is 0.720. The summed E-state index contributed by atoms with van der Waals surface area (Å²) in [5.41, 5.74) is 2.10. The predicted octanol–water partition coefficient (Wildman–Crippen LogP) is 3.48. The van der Waals surface area contributed by atoms with Gasteiger partial charge in [-0.25, -0.2) is 4.98 Å². The SMILES string of the molecule is Cc1ccc2ccc(C(=O)c3ccccc3)c(O)c2n1. The van der Waals surface area contributed by atoms with Crippen LogP contribution in [0.1, 0.15) is 21.6 Å². The molecule has 3 heteroatoms. The molecule has 1 N–H and O–H groups in total. The van der Waals surface area contributed by atoms with Crippen molar-refractivity contribution < 1.29 is 9.90 Å². The van der Waals surface area contributed by atoms with Crippen LogP contribution in [0.25, 0.3) is 10.9 Å². The summed E-state index contributed by atoms with van der Waals surface area (Å²) in [6, 6.07) is 16.1. The molecule has 3 nitrogen and oxygen atoms in total. The smallest absolute Gasteiger partial charge is 0.196 e. The second-order valence-electron chi connectivity index (χ2n) is 4.68. The summed E-state index contributed by atoms with van der Waals surface area (Å²) in [4.78, 5) is 16.7. The van der Waals surface area contributed by atoms with Gasteiger partial charge in [-0.1, -0.05) is 42.5 Å². The molecule has 3 rings (SSSR count). The zero-order valence-corrected chi connectivity index (χ0v) is 11.0. The molecule has 0 amide bonds. The van der Waals surface area contributed by atoms with Crippen molar-refractivity contribution in [3.63, 3.8) is 0 Å². The third-order valence-electron chi connectivity index (χ3n) is 3.26. The van der Waals surface area contributed by atoms with E-state index in [9.17, 15) is 9.90 Å². The van der Waals surface area contributed by atoms with Gasteiger partial charge in [-0.05, 0) is 19.1 Å². The molecule has 1 aromatic heterocycles. The molecule has 1 heterocycles. The number of carbonyl (C=O) groups is 1. The van der Waals surface area contributed by atoms with E-state index >= 15 is 0 Å². The maximum absolute atomic E-state index is 12.4. The van der Waals surface area contributed by atoms with Crippen LogP contribution in [0.3, 0.4) is 0 Å². The van der Waals surface area contributed by atoms with Gasteiger partial charge in [0.1, 0.15) is 5.52 Å². The molecular formula is C17H13NO2. The highest BCUT2D eigenvalue weighted by Gasteiger charge is 2.16. The van der Waals surface area contributed by atoms with Crippen LogP contribution in [0, 0.1) is 6.92 Å². The Hall–Kier alpha value is -2.68.